The highest BCUT2D eigenvalue weighted by Gasteiger charge is 2.43. The number of hydrogen-bond acceptors (Lipinski definition) is 4. The zero-order valence-corrected chi connectivity index (χ0v) is 14.3. The van der Waals surface area contributed by atoms with Crippen molar-refractivity contribution in [2.75, 3.05) is 33.4 Å². The van der Waals surface area contributed by atoms with Gasteiger partial charge in [-0.25, -0.2) is 0 Å². The number of fused-ring (bicyclic) bond motifs is 1. The van der Waals surface area contributed by atoms with E-state index in [-0.39, 0.29) is 24.7 Å². The van der Waals surface area contributed by atoms with Crippen molar-refractivity contribution in [1.82, 2.24) is 9.80 Å². The fourth-order valence-corrected chi connectivity index (χ4v) is 4.05. The summed E-state index contributed by atoms with van der Waals surface area (Å²) in [5.74, 6) is 1.77. The molecular formula is C19H26N2O3. The number of hydrogen-bond donors (Lipinski definition) is 0. The minimum atomic E-state index is 0.168. The molecule has 2 saturated heterocycles. The average Bonchev–Trinajstić information content (AvgIpc) is 2.96. The fraction of sp³-hybridized carbons (Fsp3) is 0.632. The third kappa shape index (κ3) is 3.15. The fourth-order valence-electron chi connectivity index (χ4n) is 4.05. The summed E-state index contributed by atoms with van der Waals surface area (Å²) in [6.45, 7) is 3.90. The van der Waals surface area contributed by atoms with Gasteiger partial charge in [-0.2, -0.15) is 0 Å². The minimum Gasteiger partial charge on any atom is -0.497 e. The molecule has 2 atom stereocenters. The molecule has 1 aliphatic carbocycles. The van der Waals surface area contributed by atoms with E-state index in [0.717, 1.165) is 31.9 Å². The first-order valence-corrected chi connectivity index (χ1v) is 8.99. The van der Waals surface area contributed by atoms with Crippen LogP contribution in [0.1, 0.15) is 24.8 Å². The van der Waals surface area contributed by atoms with E-state index in [4.69, 9.17) is 9.47 Å². The molecule has 2 heterocycles. The van der Waals surface area contributed by atoms with Crippen LogP contribution in [0.4, 0.5) is 0 Å². The molecule has 0 bridgehead atoms. The van der Waals surface area contributed by atoms with Gasteiger partial charge in [0.2, 0.25) is 5.91 Å². The number of morpholine rings is 1. The Bertz CT molecular complexity index is 585. The molecule has 4 rings (SSSR count). The van der Waals surface area contributed by atoms with E-state index in [0.29, 0.717) is 5.92 Å². The van der Waals surface area contributed by atoms with Gasteiger partial charge in [0.1, 0.15) is 12.4 Å². The molecule has 3 fully saturated rings. The lowest BCUT2D eigenvalue weighted by atomic mass is 9.84. The molecular weight excluding hydrogens is 304 g/mol. The van der Waals surface area contributed by atoms with Crippen LogP contribution in [0, 0.1) is 5.92 Å². The van der Waals surface area contributed by atoms with Crippen molar-refractivity contribution in [2.45, 2.75) is 38.0 Å². The highest BCUT2D eigenvalue weighted by molar-refractivity contribution is 5.78. The Kier molecular flexibility index (Phi) is 4.46. The van der Waals surface area contributed by atoms with Crippen LogP contribution in [0.5, 0.6) is 5.75 Å². The Morgan fingerprint density at radius 3 is 2.67 bits per heavy atom. The van der Waals surface area contributed by atoms with E-state index in [1.165, 1.54) is 24.8 Å². The van der Waals surface area contributed by atoms with Gasteiger partial charge in [-0.1, -0.05) is 18.6 Å². The highest BCUT2D eigenvalue weighted by Crippen LogP contribution is 2.31. The van der Waals surface area contributed by atoms with Gasteiger partial charge in [0, 0.05) is 26.2 Å². The van der Waals surface area contributed by atoms with Crippen molar-refractivity contribution in [2.24, 2.45) is 5.92 Å². The summed E-state index contributed by atoms with van der Waals surface area (Å²) in [6, 6.07) is 8.45. The van der Waals surface area contributed by atoms with Crippen LogP contribution >= 0.6 is 0 Å². The van der Waals surface area contributed by atoms with Crippen LogP contribution < -0.4 is 4.74 Å². The molecule has 1 aromatic rings. The molecule has 0 aromatic heterocycles. The van der Waals surface area contributed by atoms with Crippen LogP contribution in [0.2, 0.25) is 0 Å². The van der Waals surface area contributed by atoms with Gasteiger partial charge in [0.15, 0.2) is 0 Å². The van der Waals surface area contributed by atoms with E-state index in [1.807, 2.05) is 12.1 Å². The monoisotopic (exact) mass is 330 g/mol. The number of likely N-dealkylation sites (tertiary alicyclic amines) is 1. The summed E-state index contributed by atoms with van der Waals surface area (Å²) >= 11 is 0. The maximum Gasteiger partial charge on any atom is 0.248 e. The number of amides is 1. The summed E-state index contributed by atoms with van der Waals surface area (Å²) in [5.41, 5.74) is 1.27. The smallest absolute Gasteiger partial charge is 0.248 e. The predicted molar refractivity (Wildman–Crippen MR) is 90.9 cm³/mol. The maximum absolute atomic E-state index is 12.3. The van der Waals surface area contributed by atoms with Crippen LogP contribution in [-0.2, 0) is 16.1 Å². The molecule has 0 unspecified atom stereocenters. The number of carbonyl (C=O) groups is 1. The lowest BCUT2D eigenvalue weighted by molar-refractivity contribution is -0.154. The van der Waals surface area contributed by atoms with Crippen LogP contribution in [-0.4, -0.2) is 61.2 Å². The number of benzene rings is 1. The third-order valence-corrected chi connectivity index (χ3v) is 5.70. The third-order valence-electron chi connectivity index (χ3n) is 5.70. The number of carbonyl (C=O) groups excluding carboxylic acids is 1. The van der Waals surface area contributed by atoms with Gasteiger partial charge in [-0.3, -0.25) is 9.69 Å². The van der Waals surface area contributed by atoms with Crippen molar-refractivity contribution in [3.05, 3.63) is 29.8 Å². The number of ether oxygens (including phenoxy) is 2. The molecule has 2 aliphatic heterocycles. The summed E-state index contributed by atoms with van der Waals surface area (Å²) < 4.78 is 11.0. The van der Waals surface area contributed by atoms with Gasteiger partial charge in [0.05, 0.1) is 19.3 Å². The van der Waals surface area contributed by atoms with Gasteiger partial charge in [-0.05, 0) is 36.5 Å². The van der Waals surface area contributed by atoms with E-state index in [9.17, 15) is 4.79 Å². The van der Waals surface area contributed by atoms with E-state index in [2.05, 4.69) is 21.9 Å². The van der Waals surface area contributed by atoms with Crippen molar-refractivity contribution in [3.63, 3.8) is 0 Å². The van der Waals surface area contributed by atoms with Gasteiger partial charge < -0.3 is 14.4 Å². The Balaban J connectivity index is 1.40. The first kappa shape index (κ1) is 15.9. The van der Waals surface area contributed by atoms with Gasteiger partial charge >= 0.3 is 0 Å². The quantitative estimate of drug-likeness (QED) is 0.827. The van der Waals surface area contributed by atoms with Crippen LogP contribution in [0.15, 0.2) is 24.3 Å². The molecule has 3 aliphatic rings. The molecule has 0 radical (unpaired) electrons. The summed E-state index contributed by atoms with van der Waals surface area (Å²) in [7, 11) is 1.69. The second kappa shape index (κ2) is 6.73. The average molecular weight is 330 g/mol. The molecule has 1 saturated carbocycles. The Morgan fingerprint density at radius 1 is 1.21 bits per heavy atom. The second-order valence-electron chi connectivity index (χ2n) is 7.30. The SMILES string of the molecule is COc1ccc(CN2C[C@@H]3OCC(=O)N(CC4CCC4)[C@@H]3C2)cc1. The Morgan fingerprint density at radius 2 is 2.00 bits per heavy atom. The first-order valence-electron chi connectivity index (χ1n) is 8.99. The minimum absolute atomic E-state index is 0.168. The molecule has 0 N–H and O–H groups in total. The predicted octanol–water partition coefficient (Wildman–Crippen LogP) is 1.91. The molecule has 130 valence electrons. The lowest BCUT2D eigenvalue weighted by Crippen LogP contribution is -2.55. The summed E-state index contributed by atoms with van der Waals surface area (Å²) in [4.78, 5) is 16.8. The van der Waals surface area contributed by atoms with Gasteiger partial charge in [-0.15, -0.1) is 0 Å². The zero-order valence-electron chi connectivity index (χ0n) is 14.3. The van der Waals surface area contributed by atoms with Crippen molar-refractivity contribution >= 4 is 5.91 Å². The summed E-state index contributed by atoms with van der Waals surface area (Å²) in [6.07, 6.45) is 4.04. The Labute approximate surface area is 143 Å². The maximum atomic E-state index is 12.3. The standard InChI is InChI=1S/C19H26N2O3/c1-23-16-7-5-15(6-8-16)9-20-11-17-18(12-20)24-13-19(22)21(17)10-14-3-2-4-14/h5-8,14,17-18H,2-4,9-13H2,1H3/t17-,18+/m1/s1. The van der Waals surface area contributed by atoms with E-state index in [1.54, 1.807) is 7.11 Å². The second-order valence-corrected chi connectivity index (χ2v) is 7.30. The largest absolute Gasteiger partial charge is 0.497 e. The van der Waals surface area contributed by atoms with Crippen molar-refractivity contribution in [1.29, 1.82) is 0 Å². The molecule has 0 spiro atoms. The number of nitrogens with zero attached hydrogens (tertiary/aromatic N) is 2. The topological polar surface area (TPSA) is 42.0 Å². The summed E-state index contributed by atoms with van der Waals surface area (Å²) in [5, 5.41) is 0. The van der Waals surface area contributed by atoms with E-state index >= 15 is 0 Å². The molecule has 1 aromatic carbocycles. The lowest BCUT2D eigenvalue weighted by Gasteiger charge is -2.40. The number of rotatable bonds is 5. The highest BCUT2D eigenvalue weighted by atomic mass is 16.5. The van der Waals surface area contributed by atoms with Crippen molar-refractivity contribution in [3.8, 4) is 5.75 Å². The normalized spacial score (nSPS) is 27.9. The molecule has 24 heavy (non-hydrogen) atoms. The first-order chi connectivity index (χ1) is 11.7. The van der Waals surface area contributed by atoms with Crippen molar-refractivity contribution < 1.29 is 14.3 Å². The van der Waals surface area contributed by atoms with Crippen LogP contribution in [0.3, 0.4) is 0 Å². The Hall–Kier alpha value is -1.59. The molecule has 5 nitrogen and oxygen atoms in total. The molecule has 5 heteroatoms. The number of methoxy groups -OCH3 is 1. The van der Waals surface area contributed by atoms with Crippen LogP contribution in [0.25, 0.3) is 0 Å². The zero-order chi connectivity index (χ0) is 16.5. The molecule has 1 amide bonds. The van der Waals surface area contributed by atoms with Gasteiger partial charge in [0.25, 0.3) is 0 Å². The van der Waals surface area contributed by atoms with E-state index < -0.39 is 0 Å².